The van der Waals surface area contributed by atoms with Gasteiger partial charge in [0, 0.05) is 37.3 Å². The predicted molar refractivity (Wildman–Crippen MR) is 102 cm³/mol. The summed E-state index contributed by atoms with van der Waals surface area (Å²) in [6.45, 7) is 7.74. The van der Waals surface area contributed by atoms with Crippen molar-refractivity contribution in [1.82, 2.24) is 19.8 Å². The highest BCUT2D eigenvalue weighted by Crippen LogP contribution is 2.45. The highest BCUT2D eigenvalue weighted by atomic mass is 16.4. The molecule has 2 N–H and O–H groups in total. The molecule has 27 heavy (non-hydrogen) atoms. The molecule has 1 amide bonds. The molecule has 1 atom stereocenters. The molecule has 2 aliphatic heterocycles. The van der Waals surface area contributed by atoms with E-state index in [1.165, 1.54) is 0 Å². The molecule has 0 aliphatic carbocycles. The van der Waals surface area contributed by atoms with Crippen molar-refractivity contribution in [3.63, 3.8) is 0 Å². The van der Waals surface area contributed by atoms with Crippen LogP contribution in [0.2, 0.25) is 0 Å². The third kappa shape index (κ3) is 4.69. The molecule has 0 bridgehead atoms. The first kappa shape index (κ1) is 19.9. The lowest BCUT2D eigenvalue weighted by molar-refractivity contribution is -0.145. The lowest BCUT2D eigenvalue weighted by atomic mass is 9.71. The number of carbonyl (C=O) groups excluding carboxylic acids is 1. The third-order valence-electron chi connectivity index (χ3n) is 6.25. The number of piperidine rings is 1. The van der Waals surface area contributed by atoms with Crippen molar-refractivity contribution < 1.29 is 14.7 Å². The van der Waals surface area contributed by atoms with Gasteiger partial charge in [-0.15, -0.1) is 0 Å². The number of H-pyrrole nitrogens is 1. The summed E-state index contributed by atoms with van der Waals surface area (Å²) in [4.78, 5) is 36.1. The monoisotopic (exact) mass is 376 g/mol. The van der Waals surface area contributed by atoms with Crippen LogP contribution in [0.3, 0.4) is 0 Å². The van der Waals surface area contributed by atoms with Gasteiger partial charge in [0.2, 0.25) is 5.91 Å². The average molecular weight is 377 g/mol. The number of nitrogens with one attached hydrogen (secondary N) is 1. The van der Waals surface area contributed by atoms with Crippen molar-refractivity contribution in [3.05, 3.63) is 18.2 Å². The Morgan fingerprint density at radius 1 is 1.37 bits per heavy atom. The number of hydrogen-bond acceptors (Lipinski definition) is 4. The minimum atomic E-state index is -0.757. The molecule has 2 fully saturated rings. The van der Waals surface area contributed by atoms with Crippen LogP contribution in [0.15, 0.2) is 12.4 Å². The number of amides is 1. The molecule has 7 heteroatoms. The van der Waals surface area contributed by atoms with Crippen LogP contribution in [0.4, 0.5) is 0 Å². The number of carboxylic acid groups (broad SMARTS) is 1. The normalized spacial score (nSPS) is 22.6. The van der Waals surface area contributed by atoms with Gasteiger partial charge in [0.05, 0.1) is 12.5 Å². The number of aliphatic carboxylic acids is 1. The summed E-state index contributed by atoms with van der Waals surface area (Å²) in [5.74, 6) is 0.447. The van der Waals surface area contributed by atoms with E-state index in [9.17, 15) is 14.7 Å². The number of imidazole rings is 1. The highest BCUT2D eigenvalue weighted by Gasteiger charge is 2.52. The number of nitrogens with zero attached hydrogens (tertiary/aromatic N) is 3. The molecule has 0 radical (unpaired) electrons. The van der Waals surface area contributed by atoms with E-state index in [4.69, 9.17) is 0 Å². The highest BCUT2D eigenvalue weighted by molar-refractivity contribution is 5.79. The van der Waals surface area contributed by atoms with Crippen molar-refractivity contribution >= 4 is 11.9 Å². The Bertz CT molecular complexity index is 636. The van der Waals surface area contributed by atoms with Crippen LogP contribution >= 0.6 is 0 Å². The smallest absolute Gasteiger partial charge is 0.308 e. The summed E-state index contributed by atoms with van der Waals surface area (Å²) in [6, 6.07) is 0. The average Bonchev–Trinajstić information content (AvgIpc) is 3.25. The zero-order chi connectivity index (χ0) is 19.4. The topological polar surface area (TPSA) is 89.5 Å². The van der Waals surface area contributed by atoms with Gasteiger partial charge in [-0.2, -0.15) is 0 Å². The van der Waals surface area contributed by atoms with Crippen molar-refractivity contribution in [1.29, 1.82) is 0 Å². The van der Waals surface area contributed by atoms with Gasteiger partial charge < -0.3 is 15.0 Å². The number of rotatable bonds is 7. The van der Waals surface area contributed by atoms with Gasteiger partial charge in [0.25, 0.3) is 0 Å². The second-order valence-corrected chi connectivity index (χ2v) is 8.63. The molecule has 2 aliphatic rings. The SMILES string of the molecule is CC(C)CCCC(=O)N1CC(C(=O)O)C2(CCN(Cc3ncc[nH]3)CC2)C1. The van der Waals surface area contributed by atoms with Crippen LogP contribution in [-0.4, -0.2) is 62.9 Å². The van der Waals surface area contributed by atoms with Crippen LogP contribution in [0.1, 0.15) is 51.8 Å². The zero-order valence-corrected chi connectivity index (χ0v) is 16.5. The second-order valence-electron chi connectivity index (χ2n) is 8.63. The fraction of sp³-hybridized carbons (Fsp3) is 0.750. The number of carbonyl (C=O) groups is 2. The van der Waals surface area contributed by atoms with Gasteiger partial charge in [-0.05, 0) is 38.3 Å². The molecular formula is C20H32N4O3. The Morgan fingerprint density at radius 3 is 2.70 bits per heavy atom. The van der Waals surface area contributed by atoms with Gasteiger partial charge in [-0.3, -0.25) is 14.5 Å². The fourth-order valence-corrected chi connectivity index (χ4v) is 4.58. The number of hydrogen-bond donors (Lipinski definition) is 2. The van der Waals surface area contributed by atoms with Crippen LogP contribution in [0, 0.1) is 17.3 Å². The molecule has 0 aromatic carbocycles. The van der Waals surface area contributed by atoms with Crippen molar-refractivity contribution in [3.8, 4) is 0 Å². The molecule has 1 aromatic heterocycles. The maximum Gasteiger partial charge on any atom is 0.308 e. The largest absolute Gasteiger partial charge is 0.481 e. The minimum absolute atomic E-state index is 0.122. The summed E-state index contributed by atoms with van der Waals surface area (Å²) in [5.41, 5.74) is -0.279. The summed E-state index contributed by atoms with van der Waals surface area (Å²) >= 11 is 0. The van der Waals surface area contributed by atoms with Gasteiger partial charge >= 0.3 is 5.97 Å². The molecule has 3 heterocycles. The molecule has 0 saturated carbocycles. The standard InChI is InChI=1S/C20H32N4O3/c1-15(2)4-3-5-18(25)24-12-16(19(26)27)20(14-24)6-10-23(11-7-20)13-17-21-8-9-22-17/h8-9,15-16H,3-7,10-14H2,1-2H3,(H,21,22)(H,26,27). The molecule has 2 saturated heterocycles. The van der Waals surface area contributed by atoms with E-state index in [0.717, 1.165) is 51.1 Å². The van der Waals surface area contributed by atoms with E-state index in [0.29, 0.717) is 25.4 Å². The summed E-state index contributed by atoms with van der Waals surface area (Å²) in [7, 11) is 0. The third-order valence-corrected chi connectivity index (χ3v) is 6.25. The van der Waals surface area contributed by atoms with Crippen molar-refractivity contribution in [2.75, 3.05) is 26.2 Å². The van der Waals surface area contributed by atoms with E-state index in [2.05, 4.69) is 28.7 Å². The first-order chi connectivity index (χ1) is 12.9. The van der Waals surface area contributed by atoms with Crippen molar-refractivity contribution in [2.45, 2.75) is 52.5 Å². The van der Waals surface area contributed by atoms with Gasteiger partial charge in [-0.25, -0.2) is 4.98 Å². The maximum atomic E-state index is 12.6. The van der Waals surface area contributed by atoms with Crippen LogP contribution in [0.5, 0.6) is 0 Å². The van der Waals surface area contributed by atoms with E-state index in [1.807, 2.05) is 11.1 Å². The Hall–Kier alpha value is -1.89. The molecule has 7 nitrogen and oxygen atoms in total. The first-order valence-electron chi connectivity index (χ1n) is 10.1. The minimum Gasteiger partial charge on any atom is -0.481 e. The van der Waals surface area contributed by atoms with E-state index in [-0.39, 0.29) is 11.3 Å². The summed E-state index contributed by atoms with van der Waals surface area (Å²) in [5, 5.41) is 9.79. The number of likely N-dealkylation sites (tertiary alicyclic amines) is 2. The van der Waals surface area contributed by atoms with Gasteiger partial charge in [0.1, 0.15) is 5.82 Å². The number of aromatic nitrogens is 2. The van der Waals surface area contributed by atoms with Gasteiger partial charge in [-0.1, -0.05) is 20.3 Å². The lowest BCUT2D eigenvalue weighted by Crippen LogP contribution is -2.46. The Labute approximate surface area is 161 Å². The number of carboxylic acids is 1. The fourth-order valence-electron chi connectivity index (χ4n) is 4.58. The first-order valence-corrected chi connectivity index (χ1v) is 10.1. The molecular weight excluding hydrogens is 344 g/mol. The maximum absolute atomic E-state index is 12.6. The molecule has 1 unspecified atom stereocenters. The predicted octanol–water partition coefficient (Wildman–Crippen LogP) is 2.36. The quantitative estimate of drug-likeness (QED) is 0.762. The van der Waals surface area contributed by atoms with Gasteiger partial charge in [0.15, 0.2) is 0 Å². The number of aromatic amines is 1. The van der Waals surface area contributed by atoms with E-state index in [1.54, 1.807) is 6.20 Å². The van der Waals surface area contributed by atoms with Crippen LogP contribution in [-0.2, 0) is 16.1 Å². The van der Waals surface area contributed by atoms with E-state index < -0.39 is 11.9 Å². The Kier molecular flexibility index (Phi) is 6.19. The van der Waals surface area contributed by atoms with E-state index >= 15 is 0 Å². The Morgan fingerprint density at radius 2 is 2.11 bits per heavy atom. The van der Waals surface area contributed by atoms with Crippen LogP contribution in [0.25, 0.3) is 0 Å². The molecule has 3 rings (SSSR count). The zero-order valence-electron chi connectivity index (χ0n) is 16.5. The molecule has 1 aromatic rings. The second kappa shape index (κ2) is 8.42. The molecule has 1 spiro atoms. The summed E-state index contributed by atoms with van der Waals surface area (Å²) in [6.07, 6.45) is 7.66. The lowest BCUT2D eigenvalue weighted by Gasteiger charge is -2.41. The Balaban J connectivity index is 1.58. The van der Waals surface area contributed by atoms with Crippen molar-refractivity contribution in [2.24, 2.45) is 17.3 Å². The van der Waals surface area contributed by atoms with Crippen LogP contribution < -0.4 is 0 Å². The molecule has 150 valence electrons. The summed E-state index contributed by atoms with van der Waals surface area (Å²) < 4.78 is 0.